The first-order valence-corrected chi connectivity index (χ1v) is 7.33. The third-order valence-corrected chi connectivity index (χ3v) is 6.66. The van der Waals surface area contributed by atoms with Gasteiger partial charge in [-0.25, -0.2) is 0 Å². The molecule has 110 valence electrons. The Morgan fingerprint density at radius 2 is 1.90 bits per heavy atom. The first-order chi connectivity index (χ1) is 9.35. The standard InChI is InChI=1S/C13H12Cl4O3/c1-19-13(20-2)11(16)7-8(5-3-4-6-18)12(13,17)10(15)9(11)14/h6,8H,5,7H2,1-2H3. The van der Waals surface area contributed by atoms with Gasteiger partial charge in [0.15, 0.2) is 6.29 Å². The normalized spacial score (nSPS) is 37.8. The second-order valence-corrected chi connectivity index (χ2v) is 6.71. The third-order valence-electron chi connectivity index (χ3n) is 4.04. The van der Waals surface area contributed by atoms with Gasteiger partial charge in [0, 0.05) is 26.6 Å². The molecule has 2 bridgehead atoms. The second-order valence-electron chi connectivity index (χ2n) is 4.71. The van der Waals surface area contributed by atoms with Crippen LogP contribution >= 0.6 is 46.4 Å². The van der Waals surface area contributed by atoms with Gasteiger partial charge in [0.1, 0.15) is 9.75 Å². The number of methoxy groups -OCH3 is 2. The summed E-state index contributed by atoms with van der Waals surface area (Å²) < 4.78 is 11.0. The van der Waals surface area contributed by atoms with Crippen LogP contribution in [0.2, 0.25) is 0 Å². The van der Waals surface area contributed by atoms with E-state index in [9.17, 15) is 4.79 Å². The smallest absolute Gasteiger partial charge is 0.217 e. The maximum atomic E-state index is 10.3. The lowest BCUT2D eigenvalue weighted by Gasteiger charge is -2.41. The Morgan fingerprint density at radius 3 is 2.35 bits per heavy atom. The predicted octanol–water partition coefficient (Wildman–Crippen LogP) is 3.25. The monoisotopic (exact) mass is 356 g/mol. The fourth-order valence-corrected chi connectivity index (χ4v) is 5.29. The van der Waals surface area contributed by atoms with Gasteiger partial charge in [-0.15, -0.1) is 23.2 Å². The maximum Gasteiger partial charge on any atom is 0.217 e. The molecule has 0 radical (unpaired) electrons. The first-order valence-electron chi connectivity index (χ1n) is 5.82. The molecule has 3 atom stereocenters. The quantitative estimate of drug-likeness (QED) is 0.336. The summed E-state index contributed by atoms with van der Waals surface area (Å²) >= 11 is 25.9. The summed E-state index contributed by atoms with van der Waals surface area (Å²) in [5.41, 5.74) is 0. The molecule has 1 saturated carbocycles. The summed E-state index contributed by atoms with van der Waals surface area (Å²) in [6, 6.07) is 0. The van der Waals surface area contributed by atoms with Crippen LogP contribution in [0.4, 0.5) is 0 Å². The zero-order chi connectivity index (χ0) is 15.2. The minimum atomic E-state index is -1.37. The van der Waals surface area contributed by atoms with Crippen LogP contribution in [0.15, 0.2) is 10.1 Å². The van der Waals surface area contributed by atoms with Gasteiger partial charge in [0.2, 0.25) is 5.79 Å². The van der Waals surface area contributed by atoms with Gasteiger partial charge in [0.25, 0.3) is 0 Å². The highest BCUT2D eigenvalue weighted by atomic mass is 35.5. The number of alkyl halides is 2. The molecule has 2 aliphatic carbocycles. The number of fused-ring (bicyclic) bond motifs is 2. The molecule has 2 aliphatic rings. The molecule has 0 amide bonds. The van der Waals surface area contributed by atoms with Crippen molar-refractivity contribution < 1.29 is 14.3 Å². The lowest BCUT2D eigenvalue weighted by molar-refractivity contribution is -0.218. The average molecular weight is 358 g/mol. The zero-order valence-corrected chi connectivity index (χ0v) is 13.8. The third kappa shape index (κ3) is 1.67. The molecule has 2 rings (SSSR count). The van der Waals surface area contributed by atoms with Gasteiger partial charge < -0.3 is 9.47 Å². The van der Waals surface area contributed by atoms with Crippen molar-refractivity contribution in [3.05, 3.63) is 10.1 Å². The molecule has 1 fully saturated rings. The van der Waals surface area contributed by atoms with Gasteiger partial charge >= 0.3 is 0 Å². The average Bonchev–Trinajstić information content (AvgIpc) is 2.70. The van der Waals surface area contributed by atoms with E-state index in [0.29, 0.717) is 19.1 Å². The molecule has 3 nitrogen and oxygen atoms in total. The topological polar surface area (TPSA) is 35.5 Å². The number of carbonyl (C=O) groups excluding carboxylic acids is 1. The number of aldehydes is 1. The molecular weight excluding hydrogens is 346 g/mol. The van der Waals surface area contributed by atoms with E-state index in [1.54, 1.807) is 0 Å². The predicted molar refractivity (Wildman–Crippen MR) is 79.2 cm³/mol. The summed E-state index contributed by atoms with van der Waals surface area (Å²) in [5.74, 6) is 3.46. The number of halogens is 4. The van der Waals surface area contributed by atoms with Gasteiger partial charge in [-0.3, -0.25) is 4.79 Å². The van der Waals surface area contributed by atoms with Crippen molar-refractivity contribution in [3.8, 4) is 11.8 Å². The second kappa shape index (κ2) is 5.35. The van der Waals surface area contributed by atoms with Gasteiger partial charge in [-0.05, 0) is 12.3 Å². The number of hydrogen-bond acceptors (Lipinski definition) is 3. The van der Waals surface area contributed by atoms with Crippen LogP contribution in [-0.2, 0) is 14.3 Å². The molecule has 3 unspecified atom stereocenters. The Labute approximate surface area is 137 Å². The van der Waals surface area contributed by atoms with Crippen LogP contribution in [0.25, 0.3) is 0 Å². The zero-order valence-electron chi connectivity index (χ0n) is 10.8. The van der Waals surface area contributed by atoms with Gasteiger partial charge in [-0.1, -0.05) is 29.1 Å². The molecule has 0 saturated heterocycles. The molecule has 0 N–H and O–H groups in total. The molecule has 0 aliphatic heterocycles. The lowest BCUT2D eigenvalue weighted by atomic mass is 9.88. The molecular formula is C13H12Cl4O3. The van der Waals surface area contributed by atoms with E-state index in [2.05, 4.69) is 11.8 Å². The van der Waals surface area contributed by atoms with Crippen LogP contribution in [0.5, 0.6) is 0 Å². The van der Waals surface area contributed by atoms with Gasteiger partial charge in [0.05, 0.1) is 10.1 Å². The van der Waals surface area contributed by atoms with Crippen LogP contribution < -0.4 is 0 Å². The Morgan fingerprint density at radius 1 is 1.30 bits per heavy atom. The van der Waals surface area contributed by atoms with E-state index >= 15 is 0 Å². The number of hydrogen-bond donors (Lipinski definition) is 0. The van der Waals surface area contributed by atoms with Crippen LogP contribution in [0, 0.1) is 17.8 Å². The Hall–Kier alpha value is 0.0500. The number of rotatable bonds is 3. The number of carbonyl (C=O) groups is 1. The minimum Gasteiger partial charge on any atom is -0.350 e. The fraction of sp³-hybridized carbons (Fsp3) is 0.615. The molecule has 0 aromatic carbocycles. The van der Waals surface area contributed by atoms with Gasteiger partial charge in [-0.2, -0.15) is 0 Å². The summed E-state index contributed by atoms with van der Waals surface area (Å²) in [6.07, 6.45) is 1.25. The van der Waals surface area contributed by atoms with Crippen molar-refractivity contribution in [2.24, 2.45) is 5.92 Å². The van der Waals surface area contributed by atoms with Crippen LogP contribution in [-0.4, -0.2) is 36.0 Å². The highest BCUT2D eigenvalue weighted by Crippen LogP contribution is 2.72. The van der Waals surface area contributed by atoms with E-state index < -0.39 is 15.5 Å². The Kier molecular flexibility index (Phi) is 4.40. The van der Waals surface area contributed by atoms with Crippen molar-refractivity contribution in [2.45, 2.75) is 28.4 Å². The molecule has 0 aromatic heterocycles. The summed E-state index contributed by atoms with van der Waals surface area (Å²) in [4.78, 5) is 7.91. The van der Waals surface area contributed by atoms with Crippen molar-refractivity contribution in [3.63, 3.8) is 0 Å². The number of ether oxygens (including phenoxy) is 2. The summed E-state index contributed by atoms with van der Waals surface area (Å²) in [7, 11) is 2.88. The maximum absolute atomic E-state index is 10.3. The van der Waals surface area contributed by atoms with E-state index in [4.69, 9.17) is 55.9 Å². The SMILES string of the molecule is COC1(OC)C2(Cl)CC(CC#CC=O)C1(Cl)C(Cl)=C2Cl. The van der Waals surface area contributed by atoms with Crippen molar-refractivity contribution >= 4 is 52.7 Å². The highest BCUT2D eigenvalue weighted by molar-refractivity contribution is 6.51. The van der Waals surface area contributed by atoms with Crippen molar-refractivity contribution in [1.82, 2.24) is 0 Å². The largest absolute Gasteiger partial charge is 0.350 e. The van der Waals surface area contributed by atoms with E-state index in [1.807, 2.05) is 0 Å². The summed E-state index contributed by atoms with van der Waals surface area (Å²) in [6.45, 7) is 0. The molecule has 7 heteroatoms. The first kappa shape index (κ1) is 16.4. The Bertz CT molecular complexity index is 531. The molecule has 0 aromatic rings. The molecule has 0 spiro atoms. The van der Waals surface area contributed by atoms with E-state index in [1.165, 1.54) is 14.2 Å². The van der Waals surface area contributed by atoms with Crippen LogP contribution in [0.1, 0.15) is 12.8 Å². The van der Waals surface area contributed by atoms with Crippen LogP contribution in [0.3, 0.4) is 0 Å². The van der Waals surface area contributed by atoms with E-state index in [-0.39, 0.29) is 16.0 Å². The summed E-state index contributed by atoms with van der Waals surface area (Å²) in [5, 5.41) is 0.447. The van der Waals surface area contributed by atoms with Crippen molar-refractivity contribution in [2.75, 3.05) is 14.2 Å². The molecule has 20 heavy (non-hydrogen) atoms. The fourth-order valence-electron chi connectivity index (χ4n) is 3.20. The minimum absolute atomic E-state index is 0.212. The molecule has 0 heterocycles. The van der Waals surface area contributed by atoms with E-state index in [0.717, 1.165) is 0 Å². The highest BCUT2D eigenvalue weighted by Gasteiger charge is 2.80. The lowest BCUT2D eigenvalue weighted by Crippen LogP contribution is -2.56. The Balaban J connectivity index is 2.54. The van der Waals surface area contributed by atoms with Crippen molar-refractivity contribution in [1.29, 1.82) is 0 Å².